The lowest BCUT2D eigenvalue weighted by Crippen LogP contribution is -2.54. The molecule has 2 fully saturated rings. The topological polar surface area (TPSA) is 41.9 Å². The third kappa shape index (κ3) is 3.41. The van der Waals surface area contributed by atoms with Crippen LogP contribution in [0.3, 0.4) is 0 Å². The molecule has 1 N–H and O–H groups in total. The van der Waals surface area contributed by atoms with Crippen LogP contribution in [-0.4, -0.2) is 61.7 Å². The van der Waals surface area contributed by atoms with Crippen molar-refractivity contribution in [3.05, 3.63) is 0 Å². The molecule has 0 bridgehead atoms. The summed E-state index contributed by atoms with van der Waals surface area (Å²) in [6.07, 6.45) is 2.13. The summed E-state index contributed by atoms with van der Waals surface area (Å²) in [5, 5.41) is 9.66. The smallest absolute Gasteiger partial charge is 0.0753 e. The van der Waals surface area contributed by atoms with Crippen molar-refractivity contribution in [2.45, 2.75) is 32.3 Å². The van der Waals surface area contributed by atoms with E-state index in [1.165, 1.54) is 0 Å². The van der Waals surface area contributed by atoms with Gasteiger partial charge in [0, 0.05) is 31.7 Å². The maximum atomic E-state index is 9.66. The van der Waals surface area contributed by atoms with Gasteiger partial charge >= 0.3 is 0 Å². The first-order valence-corrected chi connectivity index (χ1v) is 6.60. The monoisotopic (exact) mass is 243 g/mol. The third-order valence-electron chi connectivity index (χ3n) is 3.80. The molecule has 1 unspecified atom stereocenters. The highest BCUT2D eigenvalue weighted by atomic mass is 16.5. The average Bonchev–Trinajstić information content (AvgIpc) is 2.29. The summed E-state index contributed by atoms with van der Waals surface area (Å²) < 4.78 is 11.3. The van der Waals surface area contributed by atoms with E-state index in [0.717, 1.165) is 45.7 Å². The Labute approximate surface area is 104 Å². The fraction of sp³-hybridized carbons (Fsp3) is 1.00. The van der Waals surface area contributed by atoms with Crippen LogP contribution in [-0.2, 0) is 9.47 Å². The lowest BCUT2D eigenvalue weighted by Gasteiger charge is -2.44. The second-order valence-corrected chi connectivity index (χ2v) is 6.13. The van der Waals surface area contributed by atoms with E-state index >= 15 is 0 Å². The molecule has 0 aromatic carbocycles. The quantitative estimate of drug-likeness (QED) is 0.799. The van der Waals surface area contributed by atoms with Crippen LogP contribution in [0.2, 0.25) is 0 Å². The van der Waals surface area contributed by atoms with Crippen LogP contribution >= 0.6 is 0 Å². The largest absolute Gasteiger partial charge is 0.396 e. The molecule has 0 aromatic heterocycles. The molecule has 2 aliphatic heterocycles. The van der Waals surface area contributed by atoms with E-state index in [1.54, 1.807) is 0 Å². The molecule has 1 atom stereocenters. The first-order chi connectivity index (χ1) is 8.05. The van der Waals surface area contributed by atoms with Crippen molar-refractivity contribution >= 4 is 0 Å². The predicted octanol–water partition coefficient (Wildman–Crippen LogP) is 0.886. The molecule has 0 amide bonds. The van der Waals surface area contributed by atoms with Gasteiger partial charge in [0.15, 0.2) is 0 Å². The van der Waals surface area contributed by atoms with Gasteiger partial charge < -0.3 is 14.6 Å². The van der Waals surface area contributed by atoms with E-state index in [9.17, 15) is 5.11 Å². The minimum Gasteiger partial charge on any atom is -0.396 e. The van der Waals surface area contributed by atoms with Crippen molar-refractivity contribution in [3.8, 4) is 0 Å². The molecular formula is C13H25NO3. The van der Waals surface area contributed by atoms with E-state index < -0.39 is 0 Å². The SMILES string of the molecule is CC1(C)CN(CC2(CO)CCCOC2)CCO1. The maximum absolute atomic E-state index is 9.66. The summed E-state index contributed by atoms with van der Waals surface area (Å²) in [4.78, 5) is 2.41. The molecule has 0 saturated carbocycles. The van der Waals surface area contributed by atoms with E-state index in [4.69, 9.17) is 9.47 Å². The van der Waals surface area contributed by atoms with E-state index in [2.05, 4.69) is 18.7 Å². The van der Waals surface area contributed by atoms with Gasteiger partial charge in [0.25, 0.3) is 0 Å². The number of hydrogen-bond acceptors (Lipinski definition) is 4. The number of aliphatic hydroxyl groups excluding tert-OH is 1. The Morgan fingerprint density at radius 3 is 2.71 bits per heavy atom. The number of morpholine rings is 1. The molecule has 4 nitrogen and oxygen atoms in total. The minimum atomic E-state index is -0.0651. The number of rotatable bonds is 3. The highest BCUT2D eigenvalue weighted by molar-refractivity contribution is 4.88. The fourth-order valence-electron chi connectivity index (χ4n) is 2.93. The van der Waals surface area contributed by atoms with Crippen LogP contribution in [0.4, 0.5) is 0 Å². The van der Waals surface area contributed by atoms with Gasteiger partial charge in [-0.05, 0) is 26.7 Å². The van der Waals surface area contributed by atoms with Crippen LogP contribution in [0.25, 0.3) is 0 Å². The Morgan fingerprint density at radius 2 is 2.12 bits per heavy atom. The zero-order valence-electron chi connectivity index (χ0n) is 11.1. The molecule has 4 heteroatoms. The summed E-state index contributed by atoms with van der Waals surface area (Å²) in [5.41, 5.74) is -0.115. The molecule has 0 radical (unpaired) electrons. The van der Waals surface area contributed by atoms with Gasteiger partial charge in [0.05, 0.1) is 25.4 Å². The van der Waals surface area contributed by atoms with Gasteiger partial charge in [-0.3, -0.25) is 4.90 Å². The van der Waals surface area contributed by atoms with Gasteiger partial charge in [-0.2, -0.15) is 0 Å². The molecule has 0 aliphatic carbocycles. The Hall–Kier alpha value is -0.160. The normalized spacial score (nSPS) is 34.8. The first-order valence-electron chi connectivity index (χ1n) is 6.60. The Kier molecular flexibility index (Phi) is 4.08. The van der Waals surface area contributed by atoms with Crippen molar-refractivity contribution in [1.82, 2.24) is 4.90 Å². The Bertz CT molecular complexity index is 249. The van der Waals surface area contributed by atoms with Crippen LogP contribution in [0.15, 0.2) is 0 Å². The molecule has 0 aromatic rings. The second-order valence-electron chi connectivity index (χ2n) is 6.13. The highest BCUT2D eigenvalue weighted by Crippen LogP contribution is 2.30. The minimum absolute atomic E-state index is 0.0499. The van der Waals surface area contributed by atoms with E-state index in [0.29, 0.717) is 6.61 Å². The number of nitrogens with zero attached hydrogens (tertiary/aromatic N) is 1. The number of aliphatic hydroxyl groups is 1. The van der Waals surface area contributed by atoms with Crippen LogP contribution in [0.5, 0.6) is 0 Å². The van der Waals surface area contributed by atoms with Crippen molar-refractivity contribution in [2.24, 2.45) is 5.41 Å². The molecule has 2 heterocycles. The van der Waals surface area contributed by atoms with Gasteiger partial charge in [-0.25, -0.2) is 0 Å². The lowest BCUT2D eigenvalue weighted by molar-refractivity contribution is -0.114. The van der Waals surface area contributed by atoms with Gasteiger partial charge in [0.2, 0.25) is 0 Å². The van der Waals surface area contributed by atoms with E-state index in [-0.39, 0.29) is 17.6 Å². The molecule has 17 heavy (non-hydrogen) atoms. The predicted molar refractivity (Wildman–Crippen MR) is 66.0 cm³/mol. The van der Waals surface area contributed by atoms with Crippen LogP contribution in [0, 0.1) is 5.41 Å². The maximum Gasteiger partial charge on any atom is 0.0753 e. The lowest BCUT2D eigenvalue weighted by atomic mass is 9.82. The summed E-state index contributed by atoms with van der Waals surface area (Å²) in [6, 6.07) is 0. The third-order valence-corrected chi connectivity index (χ3v) is 3.80. The molecule has 2 rings (SSSR count). The standard InChI is InChI=1S/C13H25NO3/c1-12(2)8-14(5-7-17-12)9-13(10-15)4-3-6-16-11-13/h15H,3-11H2,1-2H3. The Balaban J connectivity index is 1.93. The molecular weight excluding hydrogens is 218 g/mol. The summed E-state index contributed by atoms with van der Waals surface area (Å²) in [6.45, 7) is 9.64. The average molecular weight is 243 g/mol. The summed E-state index contributed by atoms with van der Waals surface area (Å²) in [7, 11) is 0. The van der Waals surface area contributed by atoms with Crippen molar-refractivity contribution in [3.63, 3.8) is 0 Å². The fourth-order valence-corrected chi connectivity index (χ4v) is 2.93. The van der Waals surface area contributed by atoms with Crippen LogP contribution in [0.1, 0.15) is 26.7 Å². The second kappa shape index (κ2) is 5.22. The zero-order valence-corrected chi connectivity index (χ0v) is 11.1. The summed E-state index contributed by atoms with van der Waals surface area (Å²) >= 11 is 0. The van der Waals surface area contributed by atoms with Crippen molar-refractivity contribution in [2.75, 3.05) is 46.1 Å². The molecule has 2 saturated heterocycles. The number of hydrogen-bond donors (Lipinski definition) is 1. The van der Waals surface area contributed by atoms with E-state index in [1.807, 2.05) is 0 Å². The first kappa shape index (κ1) is 13.3. The highest BCUT2D eigenvalue weighted by Gasteiger charge is 2.37. The molecule has 0 spiro atoms. The molecule has 100 valence electrons. The van der Waals surface area contributed by atoms with Gasteiger partial charge in [0.1, 0.15) is 0 Å². The number of ether oxygens (including phenoxy) is 2. The van der Waals surface area contributed by atoms with Crippen molar-refractivity contribution < 1.29 is 14.6 Å². The Morgan fingerprint density at radius 1 is 1.29 bits per heavy atom. The molecule has 2 aliphatic rings. The van der Waals surface area contributed by atoms with Crippen LogP contribution < -0.4 is 0 Å². The summed E-state index contributed by atoms with van der Waals surface area (Å²) in [5.74, 6) is 0. The van der Waals surface area contributed by atoms with Gasteiger partial charge in [-0.15, -0.1) is 0 Å². The van der Waals surface area contributed by atoms with Crippen molar-refractivity contribution in [1.29, 1.82) is 0 Å². The zero-order chi connectivity index (χ0) is 12.4. The van der Waals surface area contributed by atoms with Gasteiger partial charge in [-0.1, -0.05) is 0 Å².